The van der Waals surface area contributed by atoms with Crippen molar-refractivity contribution in [3.8, 4) is 44.8 Å². The molecule has 0 radical (unpaired) electrons. The Morgan fingerprint density at radius 2 is 1.12 bits per heavy atom. The molecular weight excluding hydrogens is 828 g/mol. The number of halogens is 5. The standard InChI is InChI=1S/C41H39F5N8O4S2/c1-5-40(4,54-60(57,58)35-12-8-6-10-26(35)24-14-15-28(31(42)17-24)33-20-51-37(47)22-49-33)19-25-16-30(34-21-52-38(48)23-50-34)32(43)18-29(25)27-11-7-9-13-36(27)59(55,56)53-39(2,3)41(44,45)46/h6-18,20-23,53-54H,5,19H2,1-4H3,(H2,47,51)(H2,48,52). The predicted molar refractivity (Wildman–Crippen MR) is 218 cm³/mol. The van der Waals surface area contributed by atoms with Crippen LogP contribution >= 0.6 is 0 Å². The summed E-state index contributed by atoms with van der Waals surface area (Å²) in [5, 5.41) is 0. The van der Waals surface area contributed by atoms with Crippen LogP contribution in [0.2, 0.25) is 0 Å². The second kappa shape index (κ2) is 16.3. The highest BCUT2D eigenvalue weighted by Gasteiger charge is 2.50. The van der Waals surface area contributed by atoms with E-state index in [2.05, 4.69) is 24.7 Å². The lowest BCUT2D eigenvalue weighted by Gasteiger charge is -2.31. The van der Waals surface area contributed by atoms with E-state index in [0.29, 0.717) is 13.8 Å². The zero-order chi connectivity index (χ0) is 43.8. The normalized spacial score (nSPS) is 13.6. The van der Waals surface area contributed by atoms with E-state index in [1.807, 2.05) is 0 Å². The van der Waals surface area contributed by atoms with Gasteiger partial charge in [-0.3, -0.25) is 9.97 Å². The molecule has 0 amide bonds. The van der Waals surface area contributed by atoms with Crippen molar-refractivity contribution in [2.45, 2.75) is 67.6 Å². The van der Waals surface area contributed by atoms with Crippen molar-refractivity contribution >= 4 is 31.7 Å². The van der Waals surface area contributed by atoms with Gasteiger partial charge in [-0.2, -0.15) is 17.9 Å². The van der Waals surface area contributed by atoms with E-state index in [1.54, 1.807) is 24.6 Å². The smallest absolute Gasteiger partial charge is 0.382 e. The molecule has 4 aromatic carbocycles. The van der Waals surface area contributed by atoms with E-state index in [4.69, 9.17) is 11.5 Å². The molecule has 0 bridgehead atoms. The van der Waals surface area contributed by atoms with Crippen LogP contribution in [0.5, 0.6) is 0 Å². The first-order valence-corrected chi connectivity index (χ1v) is 21.1. The topological polar surface area (TPSA) is 196 Å². The van der Waals surface area contributed by atoms with Crippen LogP contribution in [0, 0.1) is 11.6 Å². The molecule has 1 atom stereocenters. The molecule has 2 aromatic heterocycles. The van der Waals surface area contributed by atoms with Crippen LogP contribution in [0.25, 0.3) is 44.8 Å². The maximum atomic E-state index is 16.2. The number of nitrogens with one attached hydrogen (secondary N) is 2. The molecule has 6 aromatic rings. The molecule has 0 aliphatic heterocycles. The Hall–Kier alpha value is -5.89. The summed E-state index contributed by atoms with van der Waals surface area (Å²) >= 11 is 0. The van der Waals surface area contributed by atoms with E-state index < -0.39 is 53.8 Å². The highest BCUT2D eigenvalue weighted by molar-refractivity contribution is 7.90. The summed E-state index contributed by atoms with van der Waals surface area (Å²) < 4.78 is 134. The number of hydrogen-bond donors (Lipinski definition) is 4. The van der Waals surface area contributed by atoms with Gasteiger partial charge in [0, 0.05) is 27.8 Å². The first-order valence-electron chi connectivity index (χ1n) is 18.2. The Kier molecular flexibility index (Phi) is 11.9. The van der Waals surface area contributed by atoms with Gasteiger partial charge in [0.1, 0.15) is 28.8 Å². The van der Waals surface area contributed by atoms with E-state index in [9.17, 15) is 30.0 Å². The van der Waals surface area contributed by atoms with Crippen molar-refractivity contribution in [1.82, 2.24) is 29.4 Å². The van der Waals surface area contributed by atoms with Gasteiger partial charge in [0.25, 0.3) is 0 Å². The fourth-order valence-electron chi connectivity index (χ4n) is 6.40. The number of alkyl halides is 3. The summed E-state index contributed by atoms with van der Waals surface area (Å²) in [7, 11) is -9.38. The van der Waals surface area contributed by atoms with Gasteiger partial charge >= 0.3 is 6.18 Å². The van der Waals surface area contributed by atoms with Gasteiger partial charge < -0.3 is 11.5 Å². The molecule has 6 N–H and O–H groups in total. The summed E-state index contributed by atoms with van der Waals surface area (Å²) in [6, 6.07) is 17.6. The molecule has 6 rings (SSSR count). The van der Waals surface area contributed by atoms with Gasteiger partial charge in [0.15, 0.2) is 0 Å². The van der Waals surface area contributed by atoms with Gasteiger partial charge in [-0.25, -0.2) is 40.3 Å². The summed E-state index contributed by atoms with van der Waals surface area (Å²) in [5.74, 6) is -1.40. The summed E-state index contributed by atoms with van der Waals surface area (Å²) in [6.07, 6.45) is -0.0609. The molecule has 2 heterocycles. The number of anilines is 2. The molecule has 1 unspecified atom stereocenters. The maximum absolute atomic E-state index is 16.2. The lowest BCUT2D eigenvalue weighted by molar-refractivity contribution is -0.180. The second-order valence-corrected chi connectivity index (χ2v) is 18.1. The lowest BCUT2D eigenvalue weighted by Crippen LogP contribution is -2.54. The van der Waals surface area contributed by atoms with Crippen LogP contribution in [0.1, 0.15) is 39.7 Å². The number of rotatable bonds is 13. The van der Waals surface area contributed by atoms with Crippen LogP contribution in [0.3, 0.4) is 0 Å². The summed E-state index contributed by atoms with van der Waals surface area (Å²) in [5.41, 5.74) is 7.69. The molecule has 0 fully saturated rings. The Morgan fingerprint density at radius 1 is 0.600 bits per heavy atom. The molecule has 314 valence electrons. The zero-order valence-electron chi connectivity index (χ0n) is 32.5. The minimum absolute atomic E-state index is 0.0402. The summed E-state index contributed by atoms with van der Waals surface area (Å²) in [6.45, 7) is 4.61. The Balaban J connectivity index is 1.44. The van der Waals surface area contributed by atoms with Crippen LogP contribution in [0.15, 0.2) is 113 Å². The summed E-state index contributed by atoms with van der Waals surface area (Å²) in [4.78, 5) is 15.4. The molecule has 0 saturated heterocycles. The van der Waals surface area contributed by atoms with Crippen LogP contribution in [0.4, 0.5) is 33.6 Å². The molecule has 0 aliphatic carbocycles. The largest absolute Gasteiger partial charge is 0.407 e. The molecule has 0 aliphatic rings. The van der Waals surface area contributed by atoms with Crippen molar-refractivity contribution in [3.05, 3.63) is 121 Å². The third-order valence-electron chi connectivity index (χ3n) is 9.85. The number of aromatic nitrogens is 4. The number of nitrogens with zero attached hydrogens (tertiary/aromatic N) is 4. The van der Waals surface area contributed by atoms with Crippen LogP contribution in [-0.2, 0) is 26.5 Å². The minimum Gasteiger partial charge on any atom is -0.382 e. The third-order valence-corrected chi connectivity index (χ3v) is 13.3. The average Bonchev–Trinajstić information content (AvgIpc) is 3.18. The van der Waals surface area contributed by atoms with Gasteiger partial charge in [-0.1, -0.05) is 49.4 Å². The van der Waals surface area contributed by atoms with Gasteiger partial charge in [0.05, 0.1) is 46.0 Å². The van der Waals surface area contributed by atoms with Crippen molar-refractivity contribution in [1.29, 1.82) is 0 Å². The van der Waals surface area contributed by atoms with Crippen LogP contribution < -0.4 is 20.9 Å². The number of benzene rings is 4. The minimum atomic E-state index is -4.98. The van der Waals surface area contributed by atoms with Crippen molar-refractivity contribution < 1.29 is 38.8 Å². The van der Waals surface area contributed by atoms with Crippen LogP contribution in [-0.4, -0.2) is 54.0 Å². The molecule has 60 heavy (non-hydrogen) atoms. The molecular formula is C41H39F5N8O4S2. The third kappa shape index (κ3) is 9.13. The maximum Gasteiger partial charge on any atom is 0.407 e. The quantitative estimate of drug-likeness (QED) is 0.0836. The second-order valence-electron chi connectivity index (χ2n) is 14.8. The molecule has 0 spiro atoms. The Labute approximate surface area is 343 Å². The number of nitrogen functional groups attached to an aromatic ring is 2. The number of sulfonamides is 2. The van der Waals surface area contributed by atoms with Gasteiger partial charge in [-0.15, -0.1) is 0 Å². The van der Waals surface area contributed by atoms with Gasteiger partial charge in [0.2, 0.25) is 20.0 Å². The molecule has 19 heteroatoms. The van der Waals surface area contributed by atoms with Crippen molar-refractivity contribution in [2.24, 2.45) is 0 Å². The Morgan fingerprint density at radius 3 is 1.65 bits per heavy atom. The predicted octanol–water partition coefficient (Wildman–Crippen LogP) is 7.69. The highest BCUT2D eigenvalue weighted by Crippen LogP contribution is 2.39. The first-order chi connectivity index (χ1) is 28.0. The van der Waals surface area contributed by atoms with Crippen molar-refractivity contribution in [3.63, 3.8) is 0 Å². The van der Waals surface area contributed by atoms with E-state index >= 15 is 8.78 Å². The fraction of sp³-hybridized carbons (Fsp3) is 0.220. The molecule has 12 nitrogen and oxygen atoms in total. The van der Waals surface area contributed by atoms with E-state index in [1.165, 1.54) is 85.5 Å². The van der Waals surface area contributed by atoms with E-state index in [0.717, 1.165) is 12.1 Å². The number of nitrogens with two attached hydrogens (primary N) is 2. The molecule has 0 saturated carbocycles. The lowest BCUT2D eigenvalue weighted by atomic mass is 9.86. The SMILES string of the molecule is CCC(C)(Cc1cc(-c2cnc(N)cn2)c(F)cc1-c1ccccc1S(=O)(=O)NC(C)(C)C(F)(F)F)NS(=O)(=O)c1ccccc1-c1ccc(-c2cnc(N)cn2)c(F)c1. The first kappa shape index (κ1) is 43.7. The Bertz CT molecular complexity index is 2790. The van der Waals surface area contributed by atoms with E-state index in [-0.39, 0.29) is 79.7 Å². The number of hydrogen-bond acceptors (Lipinski definition) is 10. The van der Waals surface area contributed by atoms with Crippen molar-refractivity contribution in [2.75, 3.05) is 11.5 Å². The van der Waals surface area contributed by atoms with Gasteiger partial charge in [-0.05, 0) is 86.7 Å². The monoisotopic (exact) mass is 866 g/mol. The highest BCUT2D eigenvalue weighted by atomic mass is 32.2. The fourth-order valence-corrected chi connectivity index (χ4v) is 9.73. The average molecular weight is 867 g/mol. The zero-order valence-corrected chi connectivity index (χ0v) is 34.1.